The minimum absolute atomic E-state index is 0.117. The lowest BCUT2D eigenvalue weighted by Crippen LogP contribution is -2.52. The molecule has 1 amide bonds. The fourth-order valence-corrected chi connectivity index (χ4v) is 3.57. The van der Waals surface area contributed by atoms with E-state index in [1.54, 1.807) is 0 Å². The van der Waals surface area contributed by atoms with Crippen LogP contribution >= 0.6 is 23.2 Å². The molecule has 0 aliphatic carbocycles. The number of halogens is 2. The third-order valence-corrected chi connectivity index (χ3v) is 5.65. The number of piperazine rings is 1. The van der Waals surface area contributed by atoms with Crippen LogP contribution in [0.4, 0.5) is 11.4 Å². The lowest BCUT2D eigenvalue weighted by atomic mass is 10.1. The fourth-order valence-electron chi connectivity index (χ4n) is 3.28. The number of hydrogen-bond acceptors (Lipinski definition) is 5. The summed E-state index contributed by atoms with van der Waals surface area (Å²) >= 11 is 12.0. The van der Waals surface area contributed by atoms with Gasteiger partial charge in [-0.15, -0.1) is 0 Å². The van der Waals surface area contributed by atoms with Crippen molar-refractivity contribution in [3.05, 3.63) is 68.2 Å². The summed E-state index contributed by atoms with van der Waals surface area (Å²) < 4.78 is 0. The van der Waals surface area contributed by atoms with E-state index in [4.69, 9.17) is 23.2 Å². The van der Waals surface area contributed by atoms with Crippen molar-refractivity contribution < 1.29 is 9.72 Å². The maximum absolute atomic E-state index is 12.6. The topological polar surface area (TPSA) is 78.7 Å². The molecular formula is C20H22Cl2N4O3. The maximum atomic E-state index is 12.6. The van der Waals surface area contributed by atoms with Gasteiger partial charge in [-0.05, 0) is 30.7 Å². The van der Waals surface area contributed by atoms with Crippen LogP contribution in [0.3, 0.4) is 0 Å². The summed E-state index contributed by atoms with van der Waals surface area (Å²) in [5.74, 6) is -0.237. The summed E-state index contributed by atoms with van der Waals surface area (Å²) in [6.45, 7) is 5.87. The molecule has 7 nitrogen and oxygen atoms in total. The van der Waals surface area contributed by atoms with Gasteiger partial charge in [0.2, 0.25) is 5.91 Å². The molecule has 0 spiro atoms. The number of nitrogens with zero attached hydrogens (tertiary/aromatic N) is 3. The van der Waals surface area contributed by atoms with Crippen molar-refractivity contribution in [1.29, 1.82) is 0 Å². The van der Waals surface area contributed by atoms with Gasteiger partial charge in [0.15, 0.2) is 0 Å². The molecule has 0 bridgehead atoms. The molecule has 0 radical (unpaired) electrons. The molecule has 9 heteroatoms. The highest BCUT2D eigenvalue weighted by Gasteiger charge is 2.26. The summed E-state index contributed by atoms with van der Waals surface area (Å²) in [5, 5.41) is 14.6. The fraction of sp³-hybridized carbons (Fsp3) is 0.350. The van der Waals surface area contributed by atoms with Crippen LogP contribution < -0.4 is 5.32 Å². The van der Waals surface area contributed by atoms with Gasteiger partial charge in [0.25, 0.3) is 5.69 Å². The second kappa shape index (κ2) is 9.54. The number of non-ortho nitro benzene ring substituents is 1. The van der Waals surface area contributed by atoms with Crippen LogP contribution in [-0.2, 0) is 11.3 Å². The quantitative estimate of drug-likeness (QED) is 0.545. The van der Waals surface area contributed by atoms with Gasteiger partial charge >= 0.3 is 0 Å². The zero-order valence-corrected chi connectivity index (χ0v) is 17.5. The summed E-state index contributed by atoms with van der Waals surface area (Å²) in [4.78, 5) is 27.5. The van der Waals surface area contributed by atoms with Crippen molar-refractivity contribution in [3.8, 4) is 0 Å². The summed E-state index contributed by atoms with van der Waals surface area (Å²) in [5.41, 5.74) is 1.33. The SMILES string of the molecule is CC(C(=O)Nc1cc([N+](=O)[O-])ccc1Cl)N1CCN(Cc2ccc(Cl)cc2)CC1. The van der Waals surface area contributed by atoms with Gasteiger partial charge in [0, 0.05) is 49.9 Å². The van der Waals surface area contributed by atoms with E-state index in [0.717, 1.165) is 37.7 Å². The molecule has 1 fully saturated rings. The number of carbonyl (C=O) groups excluding carboxylic acids is 1. The lowest BCUT2D eigenvalue weighted by molar-refractivity contribution is -0.384. The molecular weight excluding hydrogens is 415 g/mol. The molecule has 0 aromatic heterocycles. The number of nitrogens with one attached hydrogen (secondary N) is 1. The van der Waals surface area contributed by atoms with E-state index >= 15 is 0 Å². The third-order valence-electron chi connectivity index (χ3n) is 5.07. The molecule has 2 aromatic carbocycles. The van der Waals surface area contributed by atoms with Crippen LogP contribution in [0.25, 0.3) is 0 Å². The molecule has 2 aromatic rings. The number of benzene rings is 2. The van der Waals surface area contributed by atoms with Crippen LogP contribution in [0, 0.1) is 10.1 Å². The van der Waals surface area contributed by atoms with Gasteiger partial charge in [0.1, 0.15) is 0 Å². The van der Waals surface area contributed by atoms with E-state index in [2.05, 4.69) is 15.1 Å². The van der Waals surface area contributed by atoms with Gasteiger partial charge in [-0.3, -0.25) is 24.7 Å². The number of nitro benzene ring substituents is 1. The number of anilines is 1. The van der Waals surface area contributed by atoms with Gasteiger partial charge < -0.3 is 5.32 Å². The van der Waals surface area contributed by atoms with Crippen LogP contribution in [0.1, 0.15) is 12.5 Å². The van der Waals surface area contributed by atoms with Gasteiger partial charge in [-0.25, -0.2) is 0 Å². The Hall–Kier alpha value is -2.19. The number of amides is 1. The predicted molar refractivity (Wildman–Crippen MR) is 115 cm³/mol. The average molecular weight is 437 g/mol. The van der Waals surface area contributed by atoms with Crippen LogP contribution in [0.5, 0.6) is 0 Å². The van der Waals surface area contributed by atoms with Crippen molar-refractivity contribution in [3.63, 3.8) is 0 Å². The molecule has 1 N–H and O–H groups in total. The summed E-state index contributed by atoms with van der Waals surface area (Å²) in [7, 11) is 0. The molecule has 1 aliphatic heterocycles. The lowest BCUT2D eigenvalue weighted by Gasteiger charge is -2.37. The molecule has 1 aliphatic rings. The number of rotatable bonds is 6. The summed E-state index contributed by atoms with van der Waals surface area (Å²) in [6.07, 6.45) is 0. The van der Waals surface area contributed by atoms with Gasteiger partial charge in [-0.2, -0.15) is 0 Å². The standard InChI is InChI=1S/C20H22Cl2N4O3/c1-14(20(27)23-19-12-17(26(28)29)6-7-18(19)22)25-10-8-24(9-11-25)13-15-2-4-16(21)5-3-15/h2-7,12,14H,8-11,13H2,1H3,(H,23,27). The van der Waals surface area contributed by atoms with Crippen molar-refractivity contribution in [2.45, 2.75) is 19.5 Å². The maximum Gasteiger partial charge on any atom is 0.271 e. The highest BCUT2D eigenvalue weighted by molar-refractivity contribution is 6.33. The second-order valence-corrected chi connectivity index (χ2v) is 7.87. The number of carbonyl (C=O) groups is 1. The van der Waals surface area contributed by atoms with Crippen molar-refractivity contribution >= 4 is 40.5 Å². The first-order valence-electron chi connectivity index (χ1n) is 9.29. The molecule has 1 atom stereocenters. The normalized spacial score (nSPS) is 16.4. The Morgan fingerprint density at radius 1 is 1.14 bits per heavy atom. The Kier molecular flexibility index (Phi) is 7.08. The molecule has 1 saturated heterocycles. The zero-order valence-electron chi connectivity index (χ0n) is 16.0. The first kappa shape index (κ1) is 21.5. The van der Waals surface area contributed by atoms with Crippen molar-refractivity contribution in [2.24, 2.45) is 0 Å². The zero-order chi connectivity index (χ0) is 21.0. The Labute approximate surface area is 179 Å². The predicted octanol–water partition coefficient (Wildman–Crippen LogP) is 4.05. The molecule has 0 saturated carbocycles. The largest absolute Gasteiger partial charge is 0.323 e. The van der Waals surface area contributed by atoms with E-state index in [1.807, 2.05) is 31.2 Å². The molecule has 154 valence electrons. The Balaban J connectivity index is 1.54. The summed E-state index contributed by atoms with van der Waals surface area (Å²) in [6, 6.07) is 11.4. The Morgan fingerprint density at radius 3 is 2.41 bits per heavy atom. The average Bonchev–Trinajstić information content (AvgIpc) is 2.71. The van der Waals surface area contributed by atoms with E-state index < -0.39 is 4.92 Å². The first-order chi connectivity index (χ1) is 13.8. The van der Waals surface area contributed by atoms with E-state index in [0.29, 0.717) is 0 Å². The monoisotopic (exact) mass is 436 g/mol. The van der Waals surface area contributed by atoms with Gasteiger partial charge in [0.05, 0.1) is 21.7 Å². The van der Waals surface area contributed by atoms with Gasteiger partial charge in [-0.1, -0.05) is 35.3 Å². The second-order valence-electron chi connectivity index (χ2n) is 7.03. The minimum Gasteiger partial charge on any atom is -0.323 e. The molecule has 29 heavy (non-hydrogen) atoms. The highest BCUT2D eigenvalue weighted by atomic mass is 35.5. The number of nitro groups is 1. The minimum atomic E-state index is -0.519. The van der Waals surface area contributed by atoms with Crippen molar-refractivity contribution in [1.82, 2.24) is 9.80 Å². The first-order valence-corrected chi connectivity index (χ1v) is 10.0. The van der Waals surface area contributed by atoms with Crippen LogP contribution in [-0.4, -0.2) is 52.9 Å². The van der Waals surface area contributed by atoms with Crippen molar-refractivity contribution in [2.75, 3.05) is 31.5 Å². The Bertz CT molecular complexity index is 884. The molecule has 1 unspecified atom stereocenters. The number of hydrogen-bond donors (Lipinski definition) is 1. The Morgan fingerprint density at radius 2 is 1.79 bits per heavy atom. The third kappa shape index (κ3) is 5.67. The smallest absolute Gasteiger partial charge is 0.271 e. The van der Waals surface area contributed by atoms with Crippen LogP contribution in [0.2, 0.25) is 10.0 Å². The molecule has 1 heterocycles. The van der Waals surface area contributed by atoms with E-state index in [9.17, 15) is 14.9 Å². The van der Waals surface area contributed by atoms with E-state index in [-0.39, 0.29) is 28.3 Å². The van der Waals surface area contributed by atoms with Crippen LogP contribution in [0.15, 0.2) is 42.5 Å². The molecule has 3 rings (SSSR count). The van der Waals surface area contributed by atoms with E-state index in [1.165, 1.54) is 23.8 Å². The highest BCUT2D eigenvalue weighted by Crippen LogP contribution is 2.27.